The molecule has 2 N–H and O–H groups in total. The van der Waals surface area contributed by atoms with Gasteiger partial charge in [0.1, 0.15) is 0 Å². The number of benzene rings is 2. The number of nitriles is 1. The van der Waals surface area contributed by atoms with Gasteiger partial charge in [0.2, 0.25) is 0 Å². The fraction of sp³-hybridized carbons (Fsp3) is 0.480. The number of nitrogens with zero attached hydrogens (tertiary/aromatic N) is 2. The van der Waals surface area contributed by atoms with E-state index in [4.69, 9.17) is 14.7 Å². The lowest BCUT2D eigenvalue weighted by Crippen LogP contribution is -2.40. The summed E-state index contributed by atoms with van der Waals surface area (Å²) >= 11 is 0. The molecule has 3 rings (SSSR count). The minimum atomic E-state index is -5.49. The third-order valence-corrected chi connectivity index (χ3v) is 7.42. The summed E-state index contributed by atoms with van der Waals surface area (Å²) in [7, 11) is -4.09. The first kappa shape index (κ1) is 28.7. The molecular formula is C25H31F3N4O4S. The molecule has 2 aromatic rings. The number of alkyl halides is 3. The average molecular weight is 541 g/mol. The molecule has 8 nitrogen and oxygen atoms in total. The minimum Gasteiger partial charge on any atom is -0.384 e. The zero-order valence-corrected chi connectivity index (χ0v) is 21.5. The third kappa shape index (κ3) is 7.35. The van der Waals surface area contributed by atoms with Crippen LogP contribution < -0.4 is 14.9 Å². The van der Waals surface area contributed by atoms with E-state index in [-0.39, 0.29) is 12.6 Å². The van der Waals surface area contributed by atoms with Gasteiger partial charge in [0.15, 0.2) is 0 Å². The highest BCUT2D eigenvalue weighted by Crippen LogP contribution is 2.35. The Labute approximate surface area is 215 Å². The second-order valence-electron chi connectivity index (χ2n) is 8.67. The van der Waals surface area contributed by atoms with Crippen LogP contribution in [0.2, 0.25) is 0 Å². The monoisotopic (exact) mass is 540 g/mol. The van der Waals surface area contributed by atoms with Crippen LogP contribution >= 0.6 is 0 Å². The lowest BCUT2D eigenvalue weighted by Gasteiger charge is -2.37. The summed E-state index contributed by atoms with van der Waals surface area (Å²) in [6.45, 7) is 3.61. The van der Waals surface area contributed by atoms with Gasteiger partial charge in [0, 0.05) is 51.1 Å². The van der Waals surface area contributed by atoms with Gasteiger partial charge in [-0.2, -0.15) is 18.4 Å². The Hall–Kier alpha value is -2.85. The van der Waals surface area contributed by atoms with E-state index in [0.29, 0.717) is 30.0 Å². The second-order valence-corrected chi connectivity index (χ2v) is 10.4. The van der Waals surface area contributed by atoms with Crippen molar-refractivity contribution in [3.63, 3.8) is 0 Å². The predicted octanol–water partition coefficient (Wildman–Crippen LogP) is 4.48. The van der Waals surface area contributed by atoms with Crippen LogP contribution in [0.5, 0.6) is 0 Å². The fourth-order valence-electron chi connectivity index (χ4n) is 4.33. The van der Waals surface area contributed by atoms with E-state index in [9.17, 15) is 21.6 Å². The van der Waals surface area contributed by atoms with Crippen molar-refractivity contribution in [1.29, 1.82) is 5.26 Å². The predicted molar refractivity (Wildman–Crippen MR) is 135 cm³/mol. The highest BCUT2D eigenvalue weighted by atomic mass is 32.2. The maximum absolute atomic E-state index is 12.9. The summed E-state index contributed by atoms with van der Waals surface area (Å²) < 4.78 is 74.1. The van der Waals surface area contributed by atoms with E-state index in [1.807, 2.05) is 6.07 Å². The normalized spacial score (nSPS) is 15.7. The number of halogens is 3. The smallest absolute Gasteiger partial charge is 0.384 e. The highest BCUT2D eigenvalue weighted by molar-refractivity contribution is 7.90. The van der Waals surface area contributed by atoms with E-state index in [1.54, 1.807) is 41.1 Å². The van der Waals surface area contributed by atoms with Gasteiger partial charge in [-0.1, -0.05) is 6.07 Å². The molecule has 0 unspecified atom stereocenters. The molecule has 1 atom stereocenters. The van der Waals surface area contributed by atoms with Crippen LogP contribution in [0.15, 0.2) is 42.5 Å². The van der Waals surface area contributed by atoms with Crippen LogP contribution in [0.4, 0.5) is 30.2 Å². The molecule has 37 heavy (non-hydrogen) atoms. The molecule has 202 valence electrons. The van der Waals surface area contributed by atoms with Crippen molar-refractivity contribution in [2.45, 2.75) is 37.2 Å². The number of methoxy groups -OCH3 is 1. The minimum absolute atomic E-state index is 0.00743. The maximum Gasteiger partial charge on any atom is 0.511 e. The fourth-order valence-corrected chi connectivity index (χ4v) is 4.91. The van der Waals surface area contributed by atoms with Crippen molar-refractivity contribution in [1.82, 2.24) is 4.72 Å². The summed E-state index contributed by atoms with van der Waals surface area (Å²) in [5.41, 5.74) is -1.96. The van der Waals surface area contributed by atoms with Gasteiger partial charge in [0.25, 0.3) is 0 Å². The topological polar surface area (TPSA) is 104 Å². The van der Waals surface area contributed by atoms with Gasteiger partial charge in [-0.15, -0.1) is 0 Å². The number of rotatable bonds is 11. The molecule has 0 bridgehead atoms. The number of nitrogens with one attached hydrogen (secondary N) is 2. The molecule has 1 saturated heterocycles. The van der Waals surface area contributed by atoms with Gasteiger partial charge in [0.05, 0.1) is 29.6 Å². The van der Waals surface area contributed by atoms with Gasteiger partial charge >= 0.3 is 15.5 Å². The highest BCUT2D eigenvalue weighted by Gasteiger charge is 2.45. The van der Waals surface area contributed by atoms with Crippen LogP contribution in [0, 0.1) is 11.3 Å². The van der Waals surface area contributed by atoms with E-state index >= 15 is 0 Å². The Morgan fingerprint density at radius 2 is 1.86 bits per heavy atom. The van der Waals surface area contributed by atoms with Crippen molar-refractivity contribution in [2.75, 3.05) is 50.2 Å². The zero-order valence-electron chi connectivity index (χ0n) is 20.7. The first-order chi connectivity index (χ1) is 17.6. The largest absolute Gasteiger partial charge is 0.511 e. The van der Waals surface area contributed by atoms with Crippen LogP contribution in [0.25, 0.3) is 0 Å². The lowest BCUT2D eigenvalue weighted by molar-refractivity contribution is -0.0448. The first-order valence-corrected chi connectivity index (χ1v) is 13.4. The Kier molecular flexibility index (Phi) is 9.78. The number of anilines is 3. The summed E-state index contributed by atoms with van der Waals surface area (Å²) in [4.78, 5) is 2.26. The Bertz CT molecular complexity index is 1180. The Morgan fingerprint density at radius 3 is 2.43 bits per heavy atom. The van der Waals surface area contributed by atoms with E-state index in [0.717, 1.165) is 30.8 Å². The molecule has 0 radical (unpaired) electrons. The van der Waals surface area contributed by atoms with Crippen molar-refractivity contribution >= 4 is 27.1 Å². The molecule has 0 aliphatic carbocycles. The summed E-state index contributed by atoms with van der Waals surface area (Å²) in [5, 5.41) is 12.5. The average Bonchev–Trinajstić information content (AvgIpc) is 2.88. The van der Waals surface area contributed by atoms with E-state index < -0.39 is 28.0 Å². The van der Waals surface area contributed by atoms with Crippen molar-refractivity contribution in [3.05, 3.63) is 53.6 Å². The van der Waals surface area contributed by atoms with Crippen molar-refractivity contribution in [2.24, 2.45) is 0 Å². The molecule has 0 saturated carbocycles. The summed E-state index contributed by atoms with van der Waals surface area (Å²) in [5.74, 6) is -0.671. The van der Waals surface area contributed by atoms with Crippen molar-refractivity contribution in [3.8, 4) is 6.07 Å². The van der Waals surface area contributed by atoms with Gasteiger partial charge < -0.3 is 19.7 Å². The molecule has 1 heterocycles. The molecule has 1 aliphatic rings. The Balaban J connectivity index is 1.98. The quantitative estimate of drug-likeness (QED) is 0.433. The maximum atomic E-state index is 12.9. The van der Waals surface area contributed by atoms with E-state index in [1.165, 1.54) is 7.11 Å². The summed E-state index contributed by atoms with van der Waals surface area (Å²) in [6.07, 6.45) is 1.72. The number of ether oxygens (including phenoxy) is 2. The zero-order chi connectivity index (χ0) is 27.1. The molecular weight excluding hydrogens is 509 g/mol. The van der Waals surface area contributed by atoms with Crippen LogP contribution in [0.1, 0.15) is 36.8 Å². The molecule has 12 heteroatoms. The standard InChI is InChI=1S/C25H31F3N4O4S/c1-3-32(22-10-12-36-13-11-22)24-9-6-19(14-23(24)31-21-7-4-18(15-29)5-8-21)20(17-35-2)16-30-37(33,34)25(26,27)28/h4-9,14,20,22,30-31H,3,10-13,16-17H2,1-2H3/t20-/m1/s1. The summed E-state index contributed by atoms with van der Waals surface area (Å²) in [6, 6.07) is 14.7. The van der Waals surface area contributed by atoms with Crippen LogP contribution in [-0.2, 0) is 19.5 Å². The van der Waals surface area contributed by atoms with Crippen molar-refractivity contribution < 1.29 is 31.1 Å². The van der Waals surface area contributed by atoms with Crippen LogP contribution in [-0.4, -0.2) is 60.0 Å². The van der Waals surface area contributed by atoms with Gasteiger partial charge in [-0.3, -0.25) is 0 Å². The molecule has 2 aromatic carbocycles. The van der Waals surface area contributed by atoms with Crippen LogP contribution in [0.3, 0.4) is 0 Å². The molecule has 0 spiro atoms. The van der Waals surface area contributed by atoms with Gasteiger partial charge in [-0.05, 0) is 61.7 Å². The molecule has 0 aromatic heterocycles. The molecule has 1 aliphatic heterocycles. The lowest BCUT2D eigenvalue weighted by atomic mass is 9.97. The van der Waals surface area contributed by atoms with Gasteiger partial charge in [-0.25, -0.2) is 13.1 Å². The molecule has 1 fully saturated rings. The number of sulfonamides is 1. The molecule has 0 amide bonds. The number of hydrogen-bond acceptors (Lipinski definition) is 7. The second kappa shape index (κ2) is 12.6. The third-order valence-electron chi connectivity index (χ3n) is 6.26. The number of hydrogen-bond donors (Lipinski definition) is 2. The Morgan fingerprint density at radius 1 is 1.19 bits per heavy atom. The van der Waals surface area contributed by atoms with E-state index in [2.05, 4.69) is 23.2 Å². The first-order valence-electron chi connectivity index (χ1n) is 11.9. The SMILES string of the molecule is CCN(c1ccc([C@H](CNS(=O)(=O)C(F)(F)F)COC)cc1Nc1ccc(C#N)cc1)C1CCOCC1.